The SMILES string of the molecule is CCCCCCOc1cc(C(C)(C)C)c(OCCCCCC)cc1-c1ccc(C)c(CC(C(C)=O)=C(C)O)c1. The molecule has 0 aromatic heterocycles. The number of carbonyl (C=O) groups excluding carboxylic acids is 1. The molecular weight excluding hydrogens is 484 g/mol. The summed E-state index contributed by atoms with van der Waals surface area (Å²) in [5.74, 6) is 1.75. The Hall–Kier alpha value is -2.75. The van der Waals surface area contributed by atoms with Crippen molar-refractivity contribution in [2.75, 3.05) is 13.2 Å². The van der Waals surface area contributed by atoms with Crippen LogP contribution in [0.5, 0.6) is 11.5 Å². The topological polar surface area (TPSA) is 55.8 Å². The van der Waals surface area contributed by atoms with Crippen molar-refractivity contribution in [1.82, 2.24) is 0 Å². The average molecular weight is 537 g/mol. The molecule has 0 amide bonds. The minimum atomic E-state index is -0.107. The first-order chi connectivity index (χ1) is 18.5. The predicted octanol–water partition coefficient (Wildman–Crippen LogP) is 9.84. The second kappa shape index (κ2) is 15.7. The van der Waals surface area contributed by atoms with Crippen LogP contribution in [-0.2, 0) is 16.6 Å². The van der Waals surface area contributed by atoms with Gasteiger partial charge in [-0.2, -0.15) is 0 Å². The molecule has 0 aliphatic rings. The molecule has 2 rings (SSSR count). The summed E-state index contributed by atoms with van der Waals surface area (Å²) in [5, 5.41) is 10.1. The highest BCUT2D eigenvalue weighted by molar-refractivity contribution is 5.94. The Bertz CT molecular complexity index is 1100. The molecule has 0 radical (unpaired) electrons. The second-order valence-electron chi connectivity index (χ2n) is 11.9. The van der Waals surface area contributed by atoms with E-state index >= 15 is 0 Å². The number of ether oxygens (including phenoxy) is 2. The first-order valence-corrected chi connectivity index (χ1v) is 14.9. The number of aliphatic hydroxyl groups is 1. The van der Waals surface area contributed by atoms with Gasteiger partial charge in [-0.3, -0.25) is 4.79 Å². The highest BCUT2D eigenvalue weighted by Gasteiger charge is 2.23. The summed E-state index contributed by atoms with van der Waals surface area (Å²) < 4.78 is 12.9. The molecule has 39 heavy (non-hydrogen) atoms. The van der Waals surface area contributed by atoms with E-state index in [4.69, 9.17) is 9.47 Å². The van der Waals surface area contributed by atoms with Crippen molar-refractivity contribution in [3.8, 4) is 22.6 Å². The van der Waals surface area contributed by atoms with Gasteiger partial charge < -0.3 is 14.6 Å². The smallest absolute Gasteiger partial charge is 0.159 e. The number of hydrogen-bond acceptors (Lipinski definition) is 4. The maximum Gasteiger partial charge on any atom is 0.159 e. The van der Waals surface area contributed by atoms with E-state index in [1.165, 1.54) is 39.0 Å². The first-order valence-electron chi connectivity index (χ1n) is 14.9. The van der Waals surface area contributed by atoms with Gasteiger partial charge in [0.2, 0.25) is 0 Å². The van der Waals surface area contributed by atoms with Crippen LogP contribution in [0.3, 0.4) is 0 Å². The van der Waals surface area contributed by atoms with Crippen molar-refractivity contribution < 1.29 is 19.4 Å². The van der Waals surface area contributed by atoms with Crippen LogP contribution in [0, 0.1) is 6.92 Å². The average Bonchev–Trinajstić information content (AvgIpc) is 2.87. The predicted molar refractivity (Wildman–Crippen MR) is 164 cm³/mol. The van der Waals surface area contributed by atoms with E-state index in [9.17, 15) is 9.90 Å². The molecule has 0 aliphatic carbocycles. The molecule has 0 atom stereocenters. The van der Waals surface area contributed by atoms with Crippen LogP contribution in [0.15, 0.2) is 41.7 Å². The summed E-state index contributed by atoms with van der Waals surface area (Å²) in [6, 6.07) is 10.7. The van der Waals surface area contributed by atoms with E-state index in [2.05, 4.69) is 65.0 Å². The van der Waals surface area contributed by atoms with E-state index in [1.54, 1.807) is 6.92 Å². The molecule has 0 fully saturated rings. The van der Waals surface area contributed by atoms with Gasteiger partial charge in [0.15, 0.2) is 5.78 Å². The second-order valence-corrected chi connectivity index (χ2v) is 11.9. The summed E-state index contributed by atoms with van der Waals surface area (Å²) in [7, 11) is 0. The zero-order valence-electron chi connectivity index (χ0n) is 25.8. The van der Waals surface area contributed by atoms with E-state index in [-0.39, 0.29) is 17.0 Å². The maximum atomic E-state index is 12.2. The number of benzene rings is 2. The van der Waals surface area contributed by atoms with Gasteiger partial charge in [-0.15, -0.1) is 0 Å². The quantitative estimate of drug-likeness (QED) is 0.132. The summed E-state index contributed by atoms with van der Waals surface area (Å²) in [4.78, 5) is 12.2. The lowest BCUT2D eigenvalue weighted by Gasteiger charge is -2.26. The largest absolute Gasteiger partial charge is 0.512 e. The zero-order valence-corrected chi connectivity index (χ0v) is 25.8. The molecule has 216 valence electrons. The van der Waals surface area contributed by atoms with E-state index in [1.807, 2.05) is 6.92 Å². The van der Waals surface area contributed by atoms with Crippen LogP contribution in [0.25, 0.3) is 11.1 Å². The van der Waals surface area contributed by atoms with Crippen LogP contribution in [0.1, 0.15) is 117 Å². The van der Waals surface area contributed by atoms with E-state index < -0.39 is 0 Å². The highest BCUT2D eigenvalue weighted by Crippen LogP contribution is 2.42. The van der Waals surface area contributed by atoms with Gasteiger partial charge in [0, 0.05) is 23.1 Å². The lowest BCUT2D eigenvalue weighted by molar-refractivity contribution is -0.113. The highest BCUT2D eigenvalue weighted by atomic mass is 16.5. The molecule has 2 aromatic rings. The van der Waals surface area contributed by atoms with Crippen molar-refractivity contribution in [2.45, 2.75) is 119 Å². The van der Waals surface area contributed by atoms with Gasteiger partial charge in [-0.25, -0.2) is 0 Å². The molecule has 0 saturated heterocycles. The number of aliphatic hydroxyl groups excluding tert-OH is 1. The Morgan fingerprint density at radius 2 is 1.41 bits per heavy atom. The van der Waals surface area contributed by atoms with Gasteiger partial charge in [-0.1, -0.05) is 91.3 Å². The van der Waals surface area contributed by atoms with Crippen molar-refractivity contribution in [1.29, 1.82) is 0 Å². The van der Waals surface area contributed by atoms with Crippen LogP contribution in [0.4, 0.5) is 0 Å². The maximum absolute atomic E-state index is 12.2. The summed E-state index contributed by atoms with van der Waals surface area (Å²) in [5.41, 5.74) is 5.61. The van der Waals surface area contributed by atoms with Crippen molar-refractivity contribution in [3.05, 3.63) is 58.4 Å². The monoisotopic (exact) mass is 536 g/mol. The van der Waals surface area contributed by atoms with E-state index in [0.29, 0.717) is 25.2 Å². The Morgan fingerprint density at radius 1 is 0.821 bits per heavy atom. The van der Waals surface area contributed by atoms with Crippen LogP contribution >= 0.6 is 0 Å². The van der Waals surface area contributed by atoms with Gasteiger partial charge in [0.1, 0.15) is 11.5 Å². The Labute approximate surface area is 237 Å². The van der Waals surface area contributed by atoms with Gasteiger partial charge >= 0.3 is 0 Å². The fraction of sp³-hybridized carbons (Fsp3) is 0.571. The van der Waals surface area contributed by atoms with Crippen LogP contribution < -0.4 is 9.47 Å². The van der Waals surface area contributed by atoms with Crippen molar-refractivity contribution in [3.63, 3.8) is 0 Å². The Morgan fingerprint density at radius 3 is 1.92 bits per heavy atom. The van der Waals surface area contributed by atoms with Gasteiger partial charge in [0.05, 0.1) is 19.0 Å². The fourth-order valence-corrected chi connectivity index (χ4v) is 4.76. The molecule has 1 N–H and O–H groups in total. The lowest BCUT2D eigenvalue weighted by atomic mass is 9.84. The minimum Gasteiger partial charge on any atom is -0.512 e. The molecule has 4 nitrogen and oxygen atoms in total. The van der Waals surface area contributed by atoms with Crippen molar-refractivity contribution in [2.24, 2.45) is 0 Å². The standard InChI is InChI=1S/C35H52O4/c1-9-11-13-15-19-38-33-24-32(35(6,7)8)34(39-20-16-14-12-10-2)23-31(33)28-18-17-25(3)29(21-28)22-30(26(4)36)27(5)37/h17-18,21,23-24,36H,9-16,19-20,22H2,1-8H3. The number of aryl methyl sites for hydroxylation is 1. The van der Waals surface area contributed by atoms with Crippen LogP contribution in [0.2, 0.25) is 0 Å². The number of hydrogen-bond donors (Lipinski definition) is 1. The number of Topliss-reactive ketones (excluding diaryl/α,β-unsaturated/α-hetero) is 1. The molecule has 0 bridgehead atoms. The third-order valence-corrected chi connectivity index (χ3v) is 7.29. The number of rotatable bonds is 16. The lowest BCUT2D eigenvalue weighted by Crippen LogP contribution is -2.15. The number of unbranched alkanes of at least 4 members (excludes halogenated alkanes) is 6. The summed E-state index contributed by atoms with van der Waals surface area (Å²) in [6.45, 7) is 17.6. The molecule has 2 aromatic carbocycles. The van der Waals surface area contributed by atoms with Crippen molar-refractivity contribution >= 4 is 5.78 Å². The first kappa shape index (κ1) is 32.5. The molecule has 0 saturated carbocycles. The number of ketones is 1. The Kier molecular flexibility index (Phi) is 13.1. The van der Waals surface area contributed by atoms with Gasteiger partial charge in [-0.05, 0) is 67.9 Å². The third-order valence-electron chi connectivity index (χ3n) is 7.29. The molecule has 0 aliphatic heterocycles. The number of carbonyl (C=O) groups is 1. The minimum absolute atomic E-state index is 0.0803. The molecule has 0 spiro atoms. The molecular formula is C35H52O4. The van der Waals surface area contributed by atoms with E-state index in [0.717, 1.165) is 58.6 Å². The molecule has 0 unspecified atom stereocenters. The summed E-state index contributed by atoms with van der Waals surface area (Å²) >= 11 is 0. The summed E-state index contributed by atoms with van der Waals surface area (Å²) in [6.07, 6.45) is 9.62. The third kappa shape index (κ3) is 10.1. The number of allylic oxidation sites excluding steroid dienone is 2. The molecule has 0 heterocycles. The zero-order chi connectivity index (χ0) is 29.0. The fourth-order valence-electron chi connectivity index (χ4n) is 4.76. The molecule has 4 heteroatoms. The van der Waals surface area contributed by atoms with Crippen LogP contribution in [-0.4, -0.2) is 24.1 Å². The Balaban J connectivity index is 2.57. The normalized spacial score (nSPS) is 12.3. The van der Waals surface area contributed by atoms with Gasteiger partial charge in [0.25, 0.3) is 0 Å².